The van der Waals surface area contributed by atoms with Crippen molar-refractivity contribution in [2.45, 2.75) is 138 Å². The number of nitrogens with one attached hydrogen (secondary N) is 5. The van der Waals surface area contributed by atoms with E-state index in [0.29, 0.717) is 57.3 Å². The highest BCUT2D eigenvalue weighted by atomic mass is 79.9. The number of carboxylic acid groups (broad SMARTS) is 1. The van der Waals surface area contributed by atoms with Gasteiger partial charge in [0.05, 0.1) is 44.6 Å². The van der Waals surface area contributed by atoms with Crippen molar-refractivity contribution in [2.75, 3.05) is 37.1 Å². The maximum Gasteiger partial charge on any atom is 0.312 e. The molecule has 4 aromatic heterocycles. The highest BCUT2D eigenvalue weighted by Gasteiger charge is 2.24. The summed E-state index contributed by atoms with van der Waals surface area (Å²) in [7, 11) is 0. The summed E-state index contributed by atoms with van der Waals surface area (Å²) < 4.78 is 16.4. The summed E-state index contributed by atoms with van der Waals surface area (Å²) in [4.78, 5) is 57.4. The van der Waals surface area contributed by atoms with Crippen LogP contribution in [0.25, 0.3) is 22.1 Å². The first-order chi connectivity index (χ1) is 36.2. The Morgan fingerprint density at radius 1 is 0.658 bits per heavy atom. The molecule has 23 heteroatoms. The Labute approximate surface area is 470 Å². The minimum atomic E-state index is -1.15. The molecule has 6 aromatic rings. The van der Waals surface area contributed by atoms with Crippen molar-refractivity contribution in [1.29, 1.82) is 0 Å². The number of fused-ring (bicyclic) bond motifs is 2. The van der Waals surface area contributed by atoms with E-state index in [9.17, 15) is 19.2 Å². The number of carboxylic acids is 1. The molecule has 2 fully saturated rings. The van der Waals surface area contributed by atoms with Gasteiger partial charge in [0, 0.05) is 109 Å². The van der Waals surface area contributed by atoms with Gasteiger partial charge in [-0.2, -0.15) is 10.2 Å². The van der Waals surface area contributed by atoms with Crippen LogP contribution in [0.4, 0.5) is 11.4 Å². The topological polar surface area (TPSA) is 255 Å². The number of anilines is 2. The molecule has 6 heterocycles. The first kappa shape index (κ1) is 61.4. The number of nitrogens with two attached hydrogens (primary N) is 1. The first-order valence-electron chi connectivity index (χ1n) is 25.2. The van der Waals surface area contributed by atoms with E-state index < -0.39 is 18.3 Å². The first-order valence-corrected chi connectivity index (χ1v) is 27.5. The number of aryl methyl sites for hydroxylation is 4. The largest absolute Gasteiger partial charge is 0.481 e. The van der Waals surface area contributed by atoms with E-state index in [1.54, 1.807) is 12.3 Å². The maximum atomic E-state index is 12.7. The van der Waals surface area contributed by atoms with E-state index in [0.717, 1.165) is 120 Å². The van der Waals surface area contributed by atoms with Crippen LogP contribution in [0.2, 0.25) is 10.0 Å². The lowest BCUT2D eigenvalue weighted by atomic mass is 10.0. The van der Waals surface area contributed by atoms with Crippen LogP contribution in [-0.2, 0) is 80.8 Å². The van der Waals surface area contributed by atoms with Gasteiger partial charge in [-0.1, -0.05) is 56.6 Å². The molecule has 0 atom stereocenters. The number of benzene rings is 2. The van der Waals surface area contributed by atoms with Gasteiger partial charge in [-0.25, -0.2) is 19.3 Å². The van der Waals surface area contributed by atoms with Crippen molar-refractivity contribution in [2.24, 2.45) is 5.73 Å². The number of carbonyl (C=O) groups is 4. The van der Waals surface area contributed by atoms with Crippen LogP contribution in [0.15, 0.2) is 57.7 Å². The summed E-state index contributed by atoms with van der Waals surface area (Å²) in [5.74, 6) is -2.36. The normalized spacial score (nSPS) is 13.6. The quantitative estimate of drug-likeness (QED) is 0.0373. The minimum Gasteiger partial charge on any atom is -0.481 e. The van der Waals surface area contributed by atoms with Crippen molar-refractivity contribution in [3.63, 3.8) is 0 Å². The molecule has 0 spiro atoms. The van der Waals surface area contributed by atoms with Crippen LogP contribution in [0.1, 0.15) is 107 Å². The number of halogens is 4. The Bertz CT molecular complexity index is 2930. The molecule has 0 aliphatic carbocycles. The lowest BCUT2D eigenvalue weighted by Crippen LogP contribution is -2.32. The fourth-order valence-corrected chi connectivity index (χ4v) is 9.65. The predicted octanol–water partition coefficient (Wildman–Crippen LogP) is 9.24. The second-order valence-corrected chi connectivity index (χ2v) is 20.3. The zero-order valence-electron chi connectivity index (χ0n) is 42.7. The molecule has 0 unspecified atom stereocenters. The van der Waals surface area contributed by atoms with Crippen molar-refractivity contribution >= 4 is 112 Å². The van der Waals surface area contributed by atoms with Crippen LogP contribution in [0, 0.1) is 0 Å². The number of ether oxygens (including phenoxy) is 2. The fourth-order valence-electron chi connectivity index (χ4n) is 8.56. The van der Waals surface area contributed by atoms with Crippen LogP contribution < -0.4 is 32.3 Å². The van der Waals surface area contributed by atoms with Crippen LogP contribution in [0.5, 0.6) is 0 Å². The van der Waals surface area contributed by atoms with Crippen LogP contribution in [-0.4, -0.2) is 96.8 Å². The van der Waals surface area contributed by atoms with Gasteiger partial charge in [0.15, 0.2) is 11.3 Å². The van der Waals surface area contributed by atoms with Gasteiger partial charge >= 0.3 is 5.97 Å². The second kappa shape index (κ2) is 30.5. The molecule has 2 aliphatic heterocycles. The summed E-state index contributed by atoms with van der Waals surface area (Å²) in [5, 5.41) is 36.7. The van der Waals surface area contributed by atoms with Gasteiger partial charge in [0.1, 0.15) is 12.8 Å². The monoisotopic (exact) mass is 1210 g/mol. The smallest absolute Gasteiger partial charge is 0.312 e. The average molecular weight is 1220 g/mol. The number of rotatable bonds is 19. The lowest BCUT2D eigenvalue weighted by molar-refractivity contribution is -0.141. The third kappa shape index (κ3) is 17.0. The van der Waals surface area contributed by atoms with E-state index in [4.69, 9.17) is 53.5 Å². The van der Waals surface area contributed by atoms with Gasteiger partial charge in [-0.15, -0.1) is 0 Å². The molecule has 2 aromatic carbocycles. The van der Waals surface area contributed by atoms with Gasteiger partial charge < -0.3 is 46.9 Å². The molecule has 3 amide bonds. The van der Waals surface area contributed by atoms with E-state index in [1.807, 2.05) is 73.6 Å². The van der Waals surface area contributed by atoms with E-state index >= 15 is 0 Å². The summed E-state index contributed by atoms with van der Waals surface area (Å²) in [6.07, 6.45) is 7.84. The molecule has 8 rings (SSSR count). The molecule has 8 N–H and O–H groups in total. The molecular formula is C53H70Br2Cl2N12O7. The van der Waals surface area contributed by atoms with Crippen LogP contribution >= 0.6 is 55.1 Å². The fraction of sp³-hybridized carbons (Fsp3) is 0.472. The van der Waals surface area contributed by atoms with Gasteiger partial charge in [-0.3, -0.25) is 19.2 Å². The SMILES string of the molecule is C.CCc1nc2c(cnn2CC)c(NC2CCOCC2)c1CNC(=O)CC(=O)NCc1ccc(Cl)c(Br)c1.CCc1nc2c(cnn2CC)c(NC2CCOCC2)c1CNC(=O)CC(=O)O.NCc1ccc(Cl)c(Br)c1. The van der Waals surface area contributed by atoms with Gasteiger partial charge in [0.2, 0.25) is 17.7 Å². The highest BCUT2D eigenvalue weighted by Crippen LogP contribution is 2.33. The number of hydrogen-bond acceptors (Lipinski definition) is 13. The molecule has 19 nitrogen and oxygen atoms in total. The number of aliphatic carboxylic acids is 1. The number of carbonyl (C=O) groups excluding carboxylic acids is 3. The summed E-state index contributed by atoms with van der Waals surface area (Å²) in [6, 6.07) is 11.6. The van der Waals surface area contributed by atoms with Gasteiger partial charge in [0.25, 0.3) is 0 Å². The molecular weight excluding hydrogens is 1150 g/mol. The Balaban J connectivity index is 0.000000240. The Morgan fingerprint density at radius 3 is 1.46 bits per heavy atom. The van der Waals surface area contributed by atoms with Crippen molar-refractivity contribution in [1.82, 2.24) is 45.5 Å². The van der Waals surface area contributed by atoms with Crippen molar-refractivity contribution in [3.8, 4) is 0 Å². The molecule has 0 saturated carbocycles. The lowest BCUT2D eigenvalue weighted by Gasteiger charge is -2.26. The number of amides is 3. The third-order valence-corrected chi connectivity index (χ3v) is 15.0. The zero-order chi connectivity index (χ0) is 54.0. The predicted molar refractivity (Wildman–Crippen MR) is 305 cm³/mol. The standard InChI is InChI=1S/C26H32BrClN6O3.C19H27N5O4.C7H7BrClN.CH4/c1-3-22-18(14-30-24(36)12-23(35)29-13-16-5-6-21(28)20(27)11-16)25(32-17-7-9-37-10-8-17)19-15-31-34(4-2)26(19)33-22;1-3-15-13(10-20-16(25)9-17(26)27)18(22-12-5-7-28-8-6-12)14-11-21-24(4-2)19(14)23-15;8-6-3-5(4-10)1-2-7(6)9;/h5-6,11,15,17H,3-4,7-10,12-14H2,1-2H3,(H,29,35)(H,30,36)(H,32,33);11-12H,3-10H2,1-2H3,(H,20,25)(H,22,23)(H,26,27);1-3H,4,10H2;1H4. The van der Waals surface area contributed by atoms with Gasteiger partial charge in [-0.05, 0) is 120 Å². The Morgan fingerprint density at radius 2 is 1.07 bits per heavy atom. The molecule has 2 saturated heterocycles. The minimum absolute atomic E-state index is 0. The Kier molecular flexibility index (Phi) is 24.7. The molecule has 412 valence electrons. The number of aromatic nitrogens is 6. The Hall–Kier alpha value is -5.42. The third-order valence-electron chi connectivity index (χ3n) is 12.6. The summed E-state index contributed by atoms with van der Waals surface area (Å²) >= 11 is 18.4. The highest BCUT2D eigenvalue weighted by molar-refractivity contribution is 9.10. The summed E-state index contributed by atoms with van der Waals surface area (Å²) in [5.41, 5.74) is 14.5. The zero-order valence-corrected chi connectivity index (χ0v) is 47.4. The average Bonchev–Trinajstić information content (AvgIpc) is 4.03. The number of pyridine rings is 2. The van der Waals surface area contributed by atoms with E-state index in [-0.39, 0.29) is 50.8 Å². The van der Waals surface area contributed by atoms with Crippen LogP contribution in [0.3, 0.4) is 0 Å². The molecule has 2 aliphatic rings. The van der Waals surface area contributed by atoms with Crippen molar-refractivity contribution in [3.05, 3.63) is 101 Å². The van der Waals surface area contributed by atoms with Crippen molar-refractivity contribution < 1.29 is 33.8 Å². The molecule has 76 heavy (non-hydrogen) atoms. The maximum absolute atomic E-state index is 12.7. The van der Waals surface area contributed by atoms with E-state index in [2.05, 4.69) is 68.6 Å². The number of hydrogen-bond donors (Lipinski definition) is 7. The summed E-state index contributed by atoms with van der Waals surface area (Å²) in [6.45, 7) is 13.8. The van der Waals surface area contributed by atoms with E-state index in [1.165, 1.54) is 0 Å². The number of nitrogens with zero attached hydrogens (tertiary/aromatic N) is 6. The molecule has 0 bridgehead atoms. The second-order valence-electron chi connectivity index (χ2n) is 17.8. The molecule has 0 radical (unpaired) electrons.